The molecule has 0 spiro atoms. The van der Waals surface area contributed by atoms with Crippen molar-refractivity contribution in [3.8, 4) is 0 Å². The van der Waals surface area contributed by atoms with Crippen LogP contribution in [0.2, 0.25) is 5.02 Å². The Morgan fingerprint density at radius 1 is 1.58 bits per heavy atom. The first-order valence-corrected chi connectivity index (χ1v) is 4.61. The van der Waals surface area contributed by atoms with Crippen molar-refractivity contribution in [2.45, 2.75) is 6.54 Å². The van der Waals surface area contributed by atoms with Gasteiger partial charge in [-0.05, 0) is 12.1 Å². The number of halogens is 2. The lowest BCUT2D eigenvalue weighted by Gasteiger charge is -2.06. The Labute approximate surface area is 84.9 Å². The third kappa shape index (κ3) is 2.45. The molecule has 0 radical (unpaired) electrons. The Morgan fingerprint density at radius 2 is 2.33 bits per heavy atom. The van der Waals surface area contributed by atoms with E-state index < -0.39 is 0 Å². The van der Waals surface area contributed by atoms with Gasteiger partial charge < -0.3 is 4.84 Å². The summed E-state index contributed by atoms with van der Waals surface area (Å²) in [5, 5.41) is 0.730. The van der Waals surface area contributed by atoms with E-state index in [-0.39, 0.29) is 0 Å². The van der Waals surface area contributed by atoms with Gasteiger partial charge in [0.1, 0.15) is 0 Å². The molecule has 0 aliphatic carbocycles. The fourth-order valence-electron chi connectivity index (χ4n) is 0.846. The second-order valence-corrected chi connectivity index (χ2v) is 3.49. The van der Waals surface area contributed by atoms with Crippen LogP contribution in [0.3, 0.4) is 0 Å². The molecule has 0 aliphatic rings. The van der Waals surface area contributed by atoms with Gasteiger partial charge in [0.25, 0.3) is 0 Å². The molecule has 1 N–H and O–H groups in total. The molecular weight excluding hydrogens is 241 g/mol. The minimum Gasteiger partial charge on any atom is -0.305 e. The highest BCUT2D eigenvalue weighted by Gasteiger charge is 2.03. The molecule has 1 aromatic carbocycles. The van der Waals surface area contributed by atoms with Crippen LogP contribution in [0.4, 0.5) is 0 Å². The third-order valence-electron chi connectivity index (χ3n) is 1.45. The average Bonchev–Trinajstić information content (AvgIpc) is 2.04. The fraction of sp³-hybridized carbons (Fsp3) is 0.250. The SMILES string of the molecule is CONCc1c(Cl)cccc1Br. The van der Waals surface area contributed by atoms with E-state index >= 15 is 0 Å². The number of benzene rings is 1. The zero-order chi connectivity index (χ0) is 8.97. The number of hydroxylamine groups is 1. The number of nitrogens with one attached hydrogen (secondary N) is 1. The standard InChI is InChI=1S/C8H9BrClNO/c1-12-11-5-6-7(9)3-2-4-8(6)10/h2-4,11H,5H2,1H3. The molecule has 0 atom stereocenters. The molecule has 1 rings (SSSR count). The van der Waals surface area contributed by atoms with Gasteiger partial charge >= 0.3 is 0 Å². The molecule has 0 aromatic heterocycles. The molecule has 66 valence electrons. The molecule has 1 aromatic rings. The summed E-state index contributed by atoms with van der Waals surface area (Å²) >= 11 is 9.34. The van der Waals surface area contributed by atoms with Crippen LogP contribution in [0.15, 0.2) is 22.7 Å². The monoisotopic (exact) mass is 249 g/mol. The van der Waals surface area contributed by atoms with E-state index in [0.29, 0.717) is 6.54 Å². The minimum atomic E-state index is 0.594. The summed E-state index contributed by atoms with van der Waals surface area (Å²) in [6, 6.07) is 5.68. The summed E-state index contributed by atoms with van der Waals surface area (Å²) in [5.41, 5.74) is 3.73. The van der Waals surface area contributed by atoms with Gasteiger partial charge in [0.15, 0.2) is 0 Å². The quantitative estimate of drug-likeness (QED) is 0.833. The molecule has 4 heteroatoms. The Hall–Kier alpha value is -0.0900. The lowest BCUT2D eigenvalue weighted by atomic mass is 10.2. The molecule has 2 nitrogen and oxygen atoms in total. The van der Waals surface area contributed by atoms with Crippen LogP contribution in [0.1, 0.15) is 5.56 Å². The molecule has 12 heavy (non-hydrogen) atoms. The molecule has 0 unspecified atom stereocenters. The van der Waals surface area contributed by atoms with Crippen LogP contribution in [-0.2, 0) is 11.4 Å². The summed E-state index contributed by atoms with van der Waals surface area (Å²) < 4.78 is 0.986. The maximum atomic E-state index is 5.94. The molecule has 0 heterocycles. The van der Waals surface area contributed by atoms with Gasteiger partial charge in [0, 0.05) is 21.6 Å². The van der Waals surface area contributed by atoms with Gasteiger partial charge in [-0.3, -0.25) is 0 Å². The Kier molecular flexibility index (Phi) is 4.01. The molecule has 0 amide bonds. The van der Waals surface area contributed by atoms with Gasteiger partial charge in [-0.1, -0.05) is 33.6 Å². The number of hydrogen-bond acceptors (Lipinski definition) is 2. The zero-order valence-electron chi connectivity index (χ0n) is 6.60. The predicted octanol–water partition coefficient (Wildman–Crippen LogP) is 2.75. The lowest BCUT2D eigenvalue weighted by Crippen LogP contribution is -2.11. The van der Waals surface area contributed by atoms with Gasteiger partial charge in [-0.15, -0.1) is 0 Å². The normalized spacial score (nSPS) is 10.2. The summed E-state index contributed by atoms with van der Waals surface area (Å²) in [6.07, 6.45) is 0. The molecule has 0 saturated heterocycles. The first-order chi connectivity index (χ1) is 5.75. The van der Waals surface area contributed by atoms with E-state index in [1.54, 1.807) is 7.11 Å². The van der Waals surface area contributed by atoms with Crippen LogP contribution < -0.4 is 5.48 Å². The predicted molar refractivity (Wildman–Crippen MR) is 53.0 cm³/mol. The van der Waals surface area contributed by atoms with Gasteiger partial charge in [0.05, 0.1) is 7.11 Å². The van der Waals surface area contributed by atoms with Gasteiger partial charge in [0.2, 0.25) is 0 Å². The summed E-state index contributed by atoms with van der Waals surface area (Å²) in [5.74, 6) is 0. The summed E-state index contributed by atoms with van der Waals surface area (Å²) in [7, 11) is 1.57. The van der Waals surface area contributed by atoms with E-state index in [9.17, 15) is 0 Å². The summed E-state index contributed by atoms with van der Waals surface area (Å²) in [4.78, 5) is 4.73. The third-order valence-corrected chi connectivity index (χ3v) is 2.55. The smallest absolute Gasteiger partial charge is 0.0572 e. The van der Waals surface area contributed by atoms with Crippen molar-refractivity contribution in [3.63, 3.8) is 0 Å². The van der Waals surface area contributed by atoms with Crippen LogP contribution >= 0.6 is 27.5 Å². The van der Waals surface area contributed by atoms with Crippen molar-refractivity contribution in [3.05, 3.63) is 33.3 Å². The van der Waals surface area contributed by atoms with Crippen LogP contribution in [-0.4, -0.2) is 7.11 Å². The average molecular weight is 251 g/mol. The van der Waals surface area contributed by atoms with Gasteiger partial charge in [-0.2, -0.15) is 5.48 Å². The van der Waals surface area contributed by atoms with Crippen molar-refractivity contribution in [1.29, 1.82) is 0 Å². The molecule has 0 fully saturated rings. The van der Waals surface area contributed by atoms with E-state index in [1.165, 1.54) is 0 Å². The maximum Gasteiger partial charge on any atom is 0.0572 e. The zero-order valence-corrected chi connectivity index (χ0v) is 8.95. The van der Waals surface area contributed by atoms with Crippen LogP contribution in [0, 0.1) is 0 Å². The molecular formula is C8H9BrClNO. The lowest BCUT2D eigenvalue weighted by molar-refractivity contribution is 0.0866. The fourth-order valence-corrected chi connectivity index (χ4v) is 1.71. The van der Waals surface area contributed by atoms with Crippen molar-refractivity contribution >= 4 is 27.5 Å². The maximum absolute atomic E-state index is 5.94. The van der Waals surface area contributed by atoms with Crippen molar-refractivity contribution < 1.29 is 4.84 Å². The minimum absolute atomic E-state index is 0.594. The highest BCUT2D eigenvalue weighted by Crippen LogP contribution is 2.24. The second-order valence-electron chi connectivity index (χ2n) is 2.23. The summed E-state index contributed by atoms with van der Waals surface area (Å²) in [6.45, 7) is 0.594. The second kappa shape index (κ2) is 4.82. The molecule has 0 bridgehead atoms. The highest BCUT2D eigenvalue weighted by molar-refractivity contribution is 9.10. The Morgan fingerprint density at radius 3 is 2.92 bits per heavy atom. The Balaban J connectivity index is 2.81. The van der Waals surface area contributed by atoms with Gasteiger partial charge in [-0.25, -0.2) is 0 Å². The van der Waals surface area contributed by atoms with E-state index in [1.807, 2.05) is 18.2 Å². The first kappa shape index (κ1) is 9.99. The largest absolute Gasteiger partial charge is 0.305 e. The molecule has 0 saturated carbocycles. The van der Waals surface area contributed by atoms with Crippen molar-refractivity contribution in [2.24, 2.45) is 0 Å². The first-order valence-electron chi connectivity index (χ1n) is 3.44. The topological polar surface area (TPSA) is 21.3 Å². The Bertz CT molecular complexity index is 247. The van der Waals surface area contributed by atoms with Crippen LogP contribution in [0.25, 0.3) is 0 Å². The number of hydrogen-bond donors (Lipinski definition) is 1. The van der Waals surface area contributed by atoms with E-state index in [0.717, 1.165) is 15.1 Å². The number of rotatable bonds is 3. The highest BCUT2D eigenvalue weighted by atomic mass is 79.9. The molecule has 0 aliphatic heterocycles. The van der Waals surface area contributed by atoms with E-state index in [4.69, 9.17) is 16.4 Å². The van der Waals surface area contributed by atoms with Crippen LogP contribution in [0.5, 0.6) is 0 Å². The van der Waals surface area contributed by atoms with Crippen molar-refractivity contribution in [2.75, 3.05) is 7.11 Å². The van der Waals surface area contributed by atoms with E-state index in [2.05, 4.69) is 21.4 Å². The van der Waals surface area contributed by atoms with Crippen molar-refractivity contribution in [1.82, 2.24) is 5.48 Å².